The Morgan fingerprint density at radius 3 is 2.50 bits per heavy atom. The van der Waals surface area contributed by atoms with Crippen molar-refractivity contribution in [2.45, 2.75) is 12.8 Å². The number of carbonyl (C=O) groups is 2. The number of ketones is 1. The highest BCUT2D eigenvalue weighted by Gasteiger charge is 2.12. The van der Waals surface area contributed by atoms with Crippen LogP contribution in [0, 0.1) is 0 Å². The standard InChI is InChI=1S/C18H18ClNO4/c1-23-14-6-7-15(17(11-14)24-2)20-18(22)9-8-16(21)12-4-3-5-13(19)10-12/h3-7,10-11H,8-9H2,1-2H3,(H,20,22). The quantitative estimate of drug-likeness (QED) is 0.770. The number of benzene rings is 2. The molecule has 0 spiro atoms. The van der Waals surface area contributed by atoms with Gasteiger partial charge in [-0.3, -0.25) is 9.59 Å². The Bertz CT molecular complexity index is 746. The molecule has 1 amide bonds. The van der Waals surface area contributed by atoms with Crippen LogP contribution in [0.2, 0.25) is 5.02 Å². The van der Waals surface area contributed by atoms with Crippen molar-refractivity contribution in [1.29, 1.82) is 0 Å². The van der Waals surface area contributed by atoms with Gasteiger partial charge in [-0.1, -0.05) is 23.7 Å². The molecule has 0 atom stereocenters. The molecule has 2 aromatic carbocycles. The van der Waals surface area contributed by atoms with Crippen LogP contribution in [0.15, 0.2) is 42.5 Å². The van der Waals surface area contributed by atoms with Gasteiger partial charge in [-0.2, -0.15) is 0 Å². The lowest BCUT2D eigenvalue weighted by Crippen LogP contribution is -2.14. The van der Waals surface area contributed by atoms with E-state index in [2.05, 4.69) is 5.32 Å². The van der Waals surface area contributed by atoms with Gasteiger partial charge >= 0.3 is 0 Å². The molecule has 2 aromatic rings. The van der Waals surface area contributed by atoms with E-state index in [0.717, 1.165) is 0 Å². The zero-order valence-electron chi connectivity index (χ0n) is 13.5. The van der Waals surface area contributed by atoms with Crippen molar-refractivity contribution in [3.8, 4) is 11.5 Å². The molecule has 1 N–H and O–H groups in total. The molecular formula is C18H18ClNO4. The Morgan fingerprint density at radius 1 is 1.04 bits per heavy atom. The maximum absolute atomic E-state index is 12.1. The first kappa shape index (κ1) is 17.8. The van der Waals surface area contributed by atoms with E-state index >= 15 is 0 Å². The molecule has 0 aromatic heterocycles. The summed E-state index contributed by atoms with van der Waals surface area (Å²) in [6.45, 7) is 0. The minimum Gasteiger partial charge on any atom is -0.497 e. The third-order valence-corrected chi connectivity index (χ3v) is 3.64. The van der Waals surface area contributed by atoms with Crippen molar-refractivity contribution in [2.75, 3.05) is 19.5 Å². The van der Waals surface area contributed by atoms with Crippen LogP contribution in [0.5, 0.6) is 11.5 Å². The highest BCUT2D eigenvalue weighted by atomic mass is 35.5. The smallest absolute Gasteiger partial charge is 0.224 e. The van der Waals surface area contributed by atoms with Gasteiger partial charge in [0.1, 0.15) is 11.5 Å². The van der Waals surface area contributed by atoms with Crippen molar-refractivity contribution < 1.29 is 19.1 Å². The summed E-state index contributed by atoms with van der Waals surface area (Å²) in [6, 6.07) is 11.8. The second-order valence-corrected chi connectivity index (χ2v) is 5.48. The van der Waals surface area contributed by atoms with Crippen LogP contribution >= 0.6 is 11.6 Å². The lowest BCUT2D eigenvalue weighted by atomic mass is 10.1. The first-order valence-electron chi connectivity index (χ1n) is 7.34. The van der Waals surface area contributed by atoms with E-state index in [1.807, 2.05) is 0 Å². The molecule has 126 valence electrons. The van der Waals surface area contributed by atoms with Gasteiger partial charge < -0.3 is 14.8 Å². The molecule has 24 heavy (non-hydrogen) atoms. The lowest BCUT2D eigenvalue weighted by molar-refractivity contribution is -0.116. The highest BCUT2D eigenvalue weighted by molar-refractivity contribution is 6.31. The Labute approximate surface area is 145 Å². The number of carbonyl (C=O) groups excluding carboxylic acids is 2. The van der Waals surface area contributed by atoms with Gasteiger partial charge in [0.15, 0.2) is 5.78 Å². The Kier molecular flexibility index (Phi) is 6.21. The van der Waals surface area contributed by atoms with Gasteiger partial charge in [0.05, 0.1) is 19.9 Å². The number of methoxy groups -OCH3 is 2. The molecule has 0 fully saturated rings. The molecule has 5 nitrogen and oxygen atoms in total. The van der Waals surface area contributed by atoms with Crippen molar-refractivity contribution >= 4 is 29.0 Å². The van der Waals surface area contributed by atoms with Gasteiger partial charge in [-0.15, -0.1) is 0 Å². The van der Waals surface area contributed by atoms with Crippen LogP contribution in [0.1, 0.15) is 23.2 Å². The van der Waals surface area contributed by atoms with Crippen molar-refractivity contribution in [2.24, 2.45) is 0 Å². The van der Waals surface area contributed by atoms with Crippen molar-refractivity contribution in [3.05, 3.63) is 53.1 Å². The minimum absolute atomic E-state index is 0.0700. The fraction of sp³-hybridized carbons (Fsp3) is 0.222. The van der Waals surface area contributed by atoms with Crippen LogP contribution in [0.25, 0.3) is 0 Å². The average Bonchev–Trinajstić information content (AvgIpc) is 2.60. The molecule has 0 aliphatic heterocycles. The van der Waals surface area contributed by atoms with Crippen LogP contribution in [0.4, 0.5) is 5.69 Å². The zero-order chi connectivity index (χ0) is 17.5. The molecule has 0 aliphatic rings. The van der Waals surface area contributed by atoms with Crippen molar-refractivity contribution in [3.63, 3.8) is 0 Å². The number of Topliss-reactive ketones (excluding diaryl/α,β-unsaturated/α-hetero) is 1. The van der Waals surface area contributed by atoms with E-state index in [1.165, 1.54) is 7.11 Å². The van der Waals surface area contributed by atoms with E-state index in [4.69, 9.17) is 21.1 Å². The van der Waals surface area contributed by atoms with E-state index in [9.17, 15) is 9.59 Å². The third kappa shape index (κ3) is 4.73. The summed E-state index contributed by atoms with van der Waals surface area (Å²) >= 11 is 5.86. The molecule has 0 heterocycles. The largest absolute Gasteiger partial charge is 0.497 e. The minimum atomic E-state index is -0.270. The summed E-state index contributed by atoms with van der Waals surface area (Å²) in [5.41, 5.74) is 1.02. The van der Waals surface area contributed by atoms with Crippen LogP contribution < -0.4 is 14.8 Å². The molecule has 0 aliphatic carbocycles. The number of hydrogen-bond acceptors (Lipinski definition) is 4. The van der Waals surface area contributed by atoms with E-state index in [1.54, 1.807) is 49.6 Å². The summed E-state index contributed by atoms with van der Waals surface area (Å²) in [5, 5.41) is 3.23. The lowest BCUT2D eigenvalue weighted by Gasteiger charge is -2.11. The topological polar surface area (TPSA) is 64.6 Å². The number of halogens is 1. The maximum Gasteiger partial charge on any atom is 0.224 e. The predicted molar refractivity (Wildman–Crippen MR) is 93.2 cm³/mol. The summed E-state index contributed by atoms with van der Waals surface area (Å²) in [7, 11) is 3.06. The molecule has 2 rings (SSSR count). The second-order valence-electron chi connectivity index (χ2n) is 5.05. The van der Waals surface area contributed by atoms with Crippen LogP contribution in [0.3, 0.4) is 0 Å². The average molecular weight is 348 g/mol. The molecule has 0 radical (unpaired) electrons. The number of nitrogens with one attached hydrogen (secondary N) is 1. The summed E-state index contributed by atoms with van der Waals surface area (Å²) in [4.78, 5) is 24.1. The van der Waals surface area contributed by atoms with Crippen molar-refractivity contribution in [1.82, 2.24) is 0 Å². The third-order valence-electron chi connectivity index (χ3n) is 3.41. The van der Waals surface area contributed by atoms with E-state index in [0.29, 0.717) is 27.8 Å². The number of amides is 1. The van der Waals surface area contributed by atoms with Gasteiger partial charge in [0.25, 0.3) is 0 Å². The zero-order valence-corrected chi connectivity index (χ0v) is 14.2. The number of rotatable bonds is 7. The first-order valence-corrected chi connectivity index (χ1v) is 7.72. The number of ether oxygens (including phenoxy) is 2. The van der Waals surface area contributed by atoms with Gasteiger partial charge in [0.2, 0.25) is 5.91 Å². The second kappa shape index (κ2) is 8.36. The van der Waals surface area contributed by atoms with Crippen LogP contribution in [-0.2, 0) is 4.79 Å². The van der Waals surface area contributed by atoms with Gasteiger partial charge in [-0.25, -0.2) is 0 Å². The van der Waals surface area contributed by atoms with E-state index < -0.39 is 0 Å². The Hall–Kier alpha value is -2.53. The molecule has 0 unspecified atom stereocenters. The maximum atomic E-state index is 12.1. The molecule has 6 heteroatoms. The molecule has 0 saturated carbocycles. The Balaban J connectivity index is 1.95. The molecule has 0 bridgehead atoms. The fourth-order valence-corrected chi connectivity index (χ4v) is 2.34. The monoisotopic (exact) mass is 347 g/mol. The fourth-order valence-electron chi connectivity index (χ4n) is 2.15. The first-order chi connectivity index (χ1) is 11.5. The summed E-state index contributed by atoms with van der Waals surface area (Å²) in [5.74, 6) is 0.716. The molecule has 0 saturated heterocycles. The number of hydrogen-bond donors (Lipinski definition) is 1. The summed E-state index contributed by atoms with van der Waals surface area (Å²) in [6.07, 6.45) is 0.172. The SMILES string of the molecule is COc1ccc(NC(=O)CCC(=O)c2cccc(Cl)c2)c(OC)c1. The van der Waals surface area contributed by atoms with Gasteiger partial charge in [0, 0.05) is 29.5 Å². The van der Waals surface area contributed by atoms with Crippen LogP contribution in [-0.4, -0.2) is 25.9 Å². The number of anilines is 1. The Morgan fingerprint density at radius 2 is 1.83 bits per heavy atom. The normalized spacial score (nSPS) is 10.1. The molecular weight excluding hydrogens is 330 g/mol. The highest BCUT2D eigenvalue weighted by Crippen LogP contribution is 2.29. The van der Waals surface area contributed by atoms with E-state index in [-0.39, 0.29) is 24.5 Å². The summed E-state index contributed by atoms with van der Waals surface area (Å²) < 4.78 is 10.3. The van der Waals surface area contributed by atoms with Gasteiger partial charge in [-0.05, 0) is 24.3 Å². The predicted octanol–water partition coefficient (Wildman–Crippen LogP) is 3.96.